The minimum Gasteiger partial charge on any atom is -0.427 e. The Morgan fingerprint density at radius 2 is 1.63 bits per heavy atom. The van der Waals surface area contributed by atoms with Crippen LogP contribution >= 0.6 is 22.5 Å². The quantitative estimate of drug-likeness (QED) is 0.0843. The Kier molecular flexibility index (Phi) is 24.7. The van der Waals surface area contributed by atoms with E-state index >= 15 is 0 Å². The van der Waals surface area contributed by atoms with Gasteiger partial charge in [-0.3, -0.25) is 14.6 Å². The molecule has 57 heavy (non-hydrogen) atoms. The second-order valence-electron chi connectivity index (χ2n) is 11.8. The molecule has 0 aromatic carbocycles. The Morgan fingerprint density at radius 1 is 0.930 bits per heavy atom. The second-order valence-corrected chi connectivity index (χ2v) is 13.8. The second kappa shape index (κ2) is 27.6. The lowest BCUT2D eigenvalue weighted by atomic mass is 10.3. The van der Waals surface area contributed by atoms with Crippen molar-refractivity contribution < 1.29 is 24.0 Å². The van der Waals surface area contributed by atoms with E-state index in [2.05, 4.69) is 80.0 Å². The molecule has 0 fully saturated rings. The number of aromatic nitrogens is 11. The summed E-state index contributed by atoms with van der Waals surface area (Å²) in [5.41, 5.74) is 9.27. The zero-order chi connectivity index (χ0) is 42.2. The van der Waals surface area contributed by atoms with Gasteiger partial charge in [-0.1, -0.05) is 12.6 Å². The number of hydrogen-bond acceptors (Lipinski definition) is 16. The van der Waals surface area contributed by atoms with Gasteiger partial charge in [-0.15, -0.1) is 9.94 Å². The molecule has 0 radical (unpaired) electrons. The molecule has 1 atom stereocenters. The van der Waals surface area contributed by atoms with E-state index in [0.717, 1.165) is 61.0 Å². The van der Waals surface area contributed by atoms with Gasteiger partial charge in [0.05, 0.1) is 58.4 Å². The molecule has 19 nitrogen and oxygen atoms in total. The van der Waals surface area contributed by atoms with Gasteiger partial charge in [0.25, 0.3) is 0 Å². The molecule has 8 rings (SSSR count). The number of H-pyrrole nitrogens is 1. The third-order valence-corrected chi connectivity index (χ3v) is 7.95. The number of aryl methyl sites for hydroxylation is 10. The Balaban J connectivity index is 0.000000628. The molecule has 0 amide bonds. The molecule has 6 aromatic heterocycles. The Hall–Kier alpha value is -5.93. The highest BCUT2D eigenvalue weighted by atomic mass is 32.2. The summed E-state index contributed by atoms with van der Waals surface area (Å²) in [6.07, 6.45) is 7.68. The average Bonchev–Trinajstić information content (AvgIpc) is 4.03. The molecule has 8 heterocycles. The van der Waals surface area contributed by atoms with Gasteiger partial charge >= 0.3 is 0 Å². The predicted octanol–water partition coefficient (Wildman–Crippen LogP) is 6.23. The maximum Gasteiger partial charge on any atom is 0.178 e. The van der Waals surface area contributed by atoms with Gasteiger partial charge in [-0.2, -0.15) is 28.0 Å². The third kappa shape index (κ3) is 23.6. The number of nitrogens with zero attached hydrogens (tertiary/aromatic N) is 11. The minimum atomic E-state index is -0.476. The van der Waals surface area contributed by atoms with E-state index in [0.29, 0.717) is 6.54 Å². The number of hydroxylamine groups is 1. The summed E-state index contributed by atoms with van der Waals surface area (Å²) in [5.74, 6) is 6.28. The summed E-state index contributed by atoms with van der Waals surface area (Å²) in [7, 11) is 1.47. The molecule has 5 N–H and O–H groups in total. The van der Waals surface area contributed by atoms with Crippen molar-refractivity contribution in [3.8, 4) is 0 Å². The largest absolute Gasteiger partial charge is 0.427 e. The zero-order valence-electron chi connectivity index (χ0n) is 34.0. The van der Waals surface area contributed by atoms with Crippen molar-refractivity contribution in [2.24, 2.45) is 11.4 Å². The van der Waals surface area contributed by atoms with Crippen molar-refractivity contribution in [3.05, 3.63) is 112 Å². The first kappa shape index (κ1) is 51.1. The predicted molar refractivity (Wildman–Crippen MR) is 225 cm³/mol. The van der Waals surface area contributed by atoms with Gasteiger partial charge in [0.1, 0.15) is 30.1 Å². The van der Waals surface area contributed by atoms with Gasteiger partial charge in [-0.05, 0) is 112 Å². The third-order valence-electron chi connectivity index (χ3n) is 6.41. The van der Waals surface area contributed by atoms with Crippen LogP contribution in [0, 0.1) is 62.3 Å². The summed E-state index contributed by atoms with van der Waals surface area (Å²) in [6, 6.07) is 7.74. The topological polar surface area (TPSA) is 237 Å². The number of aromatic amines is 1. The van der Waals surface area contributed by atoms with Crippen molar-refractivity contribution in [2.75, 3.05) is 6.54 Å². The SMILES string of the molecule is C.C=S1N=C(C)NO1.CC1=CNCC1=O.Cc1cc(C)n(C)n1.Cc1cc(C)on1.Cc1cc(C)sn1.Cc1ccnn1O.Cc1cncn1O.Cc1ncn[nH]1. The maximum atomic E-state index is 10.4. The van der Waals surface area contributed by atoms with E-state index in [4.69, 9.17) is 19.2 Å². The first-order valence-electron chi connectivity index (χ1n) is 16.8. The van der Waals surface area contributed by atoms with Crippen LogP contribution in [0.1, 0.15) is 71.9 Å². The fourth-order valence-electron chi connectivity index (χ4n) is 3.52. The lowest BCUT2D eigenvalue weighted by Crippen LogP contribution is -2.10. The number of rotatable bonds is 0. The lowest BCUT2D eigenvalue weighted by Gasteiger charge is -1.87. The average molecular weight is 831 g/mol. The number of imidazole rings is 1. The van der Waals surface area contributed by atoms with Gasteiger partial charge in [0, 0.05) is 35.5 Å². The van der Waals surface area contributed by atoms with Crippen molar-refractivity contribution in [3.63, 3.8) is 0 Å². The van der Waals surface area contributed by atoms with E-state index in [1.807, 2.05) is 73.2 Å². The van der Waals surface area contributed by atoms with E-state index in [1.54, 1.807) is 43.8 Å². The van der Waals surface area contributed by atoms with Crippen LogP contribution < -0.4 is 10.8 Å². The molecular formula is C36H58N14O5S2. The number of carbonyl (C=O) groups is 1. The first-order chi connectivity index (χ1) is 26.4. The van der Waals surface area contributed by atoms with Crippen molar-refractivity contribution in [1.29, 1.82) is 0 Å². The van der Waals surface area contributed by atoms with E-state index in [-0.39, 0.29) is 13.2 Å². The highest BCUT2D eigenvalue weighted by Gasteiger charge is 2.07. The van der Waals surface area contributed by atoms with Crippen molar-refractivity contribution in [1.82, 2.24) is 64.9 Å². The zero-order valence-corrected chi connectivity index (χ0v) is 35.6. The molecule has 21 heteroatoms. The molecule has 1 unspecified atom stereocenters. The summed E-state index contributed by atoms with van der Waals surface area (Å²) in [6.45, 7) is 21.4. The van der Waals surface area contributed by atoms with Crippen LogP contribution in [-0.4, -0.2) is 88.6 Å². The molecule has 0 spiro atoms. The summed E-state index contributed by atoms with van der Waals surface area (Å²) < 4.78 is 20.2. The van der Waals surface area contributed by atoms with Crippen molar-refractivity contribution >= 4 is 40.0 Å². The Labute approximate surface area is 341 Å². The van der Waals surface area contributed by atoms with Crippen LogP contribution in [-0.2, 0) is 16.1 Å². The van der Waals surface area contributed by atoms with E-state index in [1.165, 1.54) is 29.4 Å². The molecule has 0 saturated heterocycles. The fourth-order valence-corrected chi connectivity index (χ4v) is 4.68. The normalized spacial score (nSPS) is 12.8. The van der Waals surface area contributed by atoms with E-state index < -0.39 is 11.0 Å². The maximum absolute atomic E-state index is 10.4. The van der Waals surface area contributed by atoms with E-state index in [9.17, 15) is 4.79 Å². The number of nitrogens with one attached hydrogen (secondary N) is 3. The standard InChI is InChI=1S/C6H10N2.2C5H7NO.C5H7NS.2C4H6N2O.C3H5N3.C3H6N2OS.CH4/c1-5-4-6(2)8(3)7-5;1-4-3-5(2)7-6-4;1-4-2-6-3-5(4)7;1-4-3-5(2)7-6-4;1-4-2-5-3-6(4)7;1-4-2-3-5-6(4)7;1-3-4-2-5-6-3;1-3-4-6-7(2)5-3;/h4H,1-3H3;3H,1-2H3;2,6H,3H2,1H3;3H,1-2H3;2*2-3,7H,1H3;2H,1H3,(H,4,5,6);2H2,1H3,(H,4,5);1H4. The van der Waals surface area contributed by atoms with Crippen LogP contribution in [0.15, 0.2) is 70.0 Å². The smallest absolute Gasteiger partial charge is 0.178 e. The molecule has 314 valence electrons. The van der Waals surface area contributed by atoms with Gasteiger partial charge in [0.15, 0.2) is 5.78 Å². The van der Waals surface area contributed by atoms with Crippen LogP contribution in [0.25, 0.3) is 0 Å². The number of amidine groups is 1. The molecular weight excluding hydrogens is 773 g/mol. The summed E-state index contributed by atoms with van der Waals surface area (Å²) >= 11 is 1.55. The monoisotopic (exact) mass is 830 g/mol. The Morgan fingerprint density at radius 3 is 1.77 bits per heavy atom. The number of hydrogen-bond donors (Lipinski definition) is 5. The van der Waals surface area contributed by atoms with Crippen LogP contribution in [0.3, 0.4) is 0 Å². The van der Waals surface area contributed by atoms with Crippen LogP contribution in [0.2, 0.25) is 0 Å². The number of carbonyl (C=O) groups excluding carboxylic acids is 1. The fraction of sp³-hybridized carbons (Fsp3) is 0.389. The van der Waals surface area contributed by atoms with Crippen molar-refractivity contribution in [2.45, 2.75) is 83.6 Å². The highest BCUT2D eigenvalue weighted by Crippen LogP contribution is 2.15. The molecule has 0 bridgehead atoms. The molecule has 2 aliphatic heterocycles. The number of ketones is 1. The van der Waals surface area contributed by atoms with Gasteiger partial charge < -0.3 is 20.3 Å². The number of Topliss-reactive ketones (excluding diaryl/α,β-unsaturated/α-hetero) is 1. The molecule has 0 aliphatic carbocycles. The lowest BCUT2D eigenvalue weighted by molar-refractivity contribution is -0.113. The van der Waals surface area contributed by atoms with Crippen LogP contribution in [0.5, 0.6) is 0 Å². The summed E-state index contributed by atoms with van der Waals surface area (Å²) in [5, 5.41) is 37.5. The van der Waals surface area contributed by atoms with Crippen LogP contribution in [0.4, 0.5) is 0 Å². The Bertz CT molecular complexity index is 1910. The first-order valence-corrected chi connectivity index (χ1v) is 18.9. The minimum absolute atomic E-state index is 0. The molecule has 0 saturated carbocycles. The summed E-state index contributed by atoms with van der Waals surface area (Å²) in [4.78, 5) is 20.0. The molecule has 6 aromatic rings. The van der Waals surface area contributed by atoms with Gasteiger partial charge in [0.2, 0.25) is 0 Å². The molecule has 2 aliphatic rings. The van der Waals surface area contributed by atoms with Gasteiger partial charge in [-0.25, -0.2) is 15.4 Å². The highest BCUT2D eigenvalue weighted by molar-refractivity contribution is 8.09.